The topological polar surface area (TPSA) is 81.0 Å². The molecular weight excluding hydrogens is 284 g/mol. The van der Waals surface area contributed by atoms with Crippen LogP contribution < -0.4 is 5.32 Å². The average molecular weight is 296 g/mol. The van der Waals surface area contributed by atoms with Crippen LogP contribution in [-0.4, -0.2) is 21.7 Å². The molecule has 0 aliphatic carbocycles. The molecule has 1 aromatic carbocycles. The van der Waals surface area contributed by atoms with Crippen molar-refractivity contribution in [1.29, 1.82) is 0 Å². The number of anilines is 1. The van der Waals surface area contributed by atoms with E-state index in [9.17, 15) is 10.1 Å². The molecule has 2 rings (SSSR count). The highest BCUT2D eigenvalue weighted by atomic mass is 32.2. The second-order valence-corrected chi connectivity index (χ2v) is 5.69. The highest BCUT2D eigenvalue weighted by Gasteiger charge is 2.13. The Hall–Kier alpha value is -1.67. The van der Waals surface area contributed by atoms with E-state index in [0.717, 1.165) is 9.90 Å². The Labute approximate surface area is 118 Å². The number of hydrogen-bond acceptors (Lipinski definition) is 7. The molecule has 0 aliphatic heterocycles. The Bertz CT molecular complexity index is 560. The first kappa shape index (κ1) is 13.8. The fraction of sp³-hybridized carbons (Fsp3) is 0.273. The molecule has 1 N–H and O–H groups in total. The minimum Gasteiger partial charge on any atom is -0.380 e. The van der Waals surface area contributed by atoms with Crippen LogP contribution in [-0.2, 0) is 5.75 Å². The maximum absolute atomic E-state index is 10.9. The summed E-state index contributed by atoms with van der Waals surface area (Å²) in [7, 11) is 0. The van der Waals surface area contributed by atoms with Crippen molar-refractivity contribution in [1.82, 2.24) is 10.2 Å². The molecule has 0 aliphatic rings. The van der Waals surface area contributed by atoms with Crippen molar-refractivity contribution in [2.24, 2.45) is 0 Å². The van der Waals surface area contributed by atoms with E-state index in [1.54, 1.807) is 23.3 Å². The molecular formula is C11H12N4O2S2. The molecule has 0 fully saturated rings. The smallest absolute Gasteiger partial charge is 0.292 e. The van der Waals surface area contributed by atoms with Crippen LogP contribution in [0.1, 0.15) is 12.5 Å². The van der Waals surface area contributed by atoms with E-state index in [1.165, 1.54) is 17.4 Å². The Kier molecular flexibility index (Phi) is 4.69. The molecule has 0 unspecified atom stereocenters. The SMILES string of the molecule is CCNc1cc(CSc2nncs2)ccc1[N+](=O)[O-]. The summed E-state index contributed by atoms with van der Waals surface area (Å²) in [5.74, 6) is 0.714. The lowest BCUT2D eigenvalue weighted by Crippen LogP contribution is -2.01. The Balaban J connectivity index is 2.13. The first-order valence-electron chi connectivity index (χ1n) is 5.61. The lowest BCUT2D eigenvalue weighted by molar-refractivity contribution is -0.384. The summed E-state index contributed by atoms with van der Waals surface area (Å²) in [6.45, 7) is 2.56. The molecule has 1 aromatic heterocycles. The fourth-order valence-corrected chi connectivity index (χ4v) is 2.97. The van der Waals surface area contributed by atoms with Gasteiger partial charge in [0.1, 0.15) is 11.2 Å². The number of nitro groups is 1. The number of hydrogen-bond donors (Lipinski definition) is 1. The van der Waals surface area contributed by atoms with Gasteiger partial charge in [0.05, 0.1) is 4.92 Å². The highest BCUT2D eigenvalue weighted by Crippen LogP contribution is 2.29. The van der Waals surface area contributed by atoms with Crippen molar-refractivity contribution in [3.63, 3.8) is 0 Å². The van der Waals surface area contributed by atoms with Gasteiger partial charge in [-0.05, 0) is 18.6 Å². The lowest BCUT2D eigenvalue weighted by atomic mass is 10.2. The molecule has 8 heteroatoms. The maximum atomic E-state index is 10.9. The molecule has 6 nitrogen and oxygen atoms in total. The number of rotatable bonds is 6. The molecule has 2 aromatic rings. The lowest BCUT2D eigenvalue weighted by Gasteiger charge is -2.06. The van der Waals surface area contributed by atoms with Crippen LogP contribution in [0.5, 0.6) is 0 Å². The van der Waals surface area contributed by atoms with Crippen molar-refractivity contribution >= 4 is 34.5 Å². The van der Waals surface area contributed by atoms with Crippen molar-refractivity contribution in [3.05, 3.63) is 39.4 Å². The van der Waals surface area contributed by atoms with Gasteiger partial charge < -0.3 is 5.32 Å². The molecule has 0 spiro atoms. The molecule has 0 atom stereocenters. The van der Waals surface area contributed by atoms with Crippen LogP contribution in [0.2, 0.25) is 0 Å². The third-order valence-corrected chi connectivity index (χ3v) is 4.26. The quantitative estimate of drug-likeness (QED) is 0.501. The van der Waals surface area contributed by atoms with Crippen molar-refractivity contribution < 1.29 is 4.92 Å². The van der Waals surface area contributed by atoms with Crippen molar-refractivity contribution in [3.8, 4) is 0 Å². The normalized spacial score (nSPS) is 10.4. The van der Waals surface area contributed by atoms with E-state index >= 15 is 0 Å². The third-order valence-electron chi connectivity index (χ3n) is 2.33. The van der Waals surface area contributed by atoms with Crippen LogP contribution in [0, 0.1) is 10.1 Å². The van der Waals surface area contributed by atoms with E-state index in [2.05, 4.69) is 15.5 Å². The highest BCUT2D eigenvalue weighted by molar-refractivity contribution is 8.00. The van der Waals surface area contributed by atoms with Crippen LogP contribution >= 0.6 is 23.1 Å². The largest absolute Gasteiger partial charge is 0.380 e. The van der Waals surface area contributed by atoms with Gasteiger partial charge in [-0.1, -0.05) is 29.2 Å². The Morgan fingerprint density at radius 1 is 1.53 bits per heavy atom. The number of aromatic nitrogens is 2. The summed E-state index contributed by atoms with van der Waals surface area (Å²) < 4.78 is 0.892. The van der Waals surface area contributed by atoms with E-state index in [-0.39, 0.29) is 10.6 Å². The van der Waals surface area contributed by atoms with Gasteiger partial charge in [-0.3, -0.25) is 10.1 Å². The standard InChI is InChI=1S/C11H12N4O2S2/c1-2-12-9-5-8(3-4-10(9)15(16)17)6-18-11-14-13-7-19-11/h3-5,7,12H,2,6H2,1H3. The molecule has 1 heterocycles. The van der Waals surface area contributed by atoms with E-state index in [4.69, 9.17) is 0 Å². The molecule has 0 amide bonds. The molecule has 0 bridgehead atoms. The van der Waals surface area contributed by atoms with Gasteiger partial charge in [0.15, 0.2) is 4.34 Å². The van der Waals surface area contributed by atoms with Gasteiger partial charge in [0.2, 0.25) is 0 Å². The van der Waals surface area contributed by atoms with Crippen LogP contribution in [0.15, 0.2) is 28.0 Å². The zero-order valence-electron chi connectivity index (χ0n) is 10.2. The number of nitro benzene ring substituents is 1. The zero-order valence-corrected chi connectivity index (χ0v) is 11.8. The molecule has 0 saturated carbocycles. The Morgan fingerprint density at radius 2 is 2.37 bits per heavy atom. The van der Waals surface area contributed by atoms with E-state index in [1.807, 2.05) is 13.0 Å². The van der Waals surface area contributed by atoms with Crippen LogP contribution in [0.3, 0.4) is 0 Å². The first-order chi connectivity index (χ1) is 9.20. The average Bonchev–Trinajstić information content (AvgIpc) is 2.90. The summed E-state index contributed by atoms with van der Waals surface area (Å²) >= 11 is 3.05. The summed E-state index contributed by atoms with van der Waals surface area (Å²) in [6.07, 6.45) is 0. The van der Waals surface area contributed by atoms with Gasteiger partial charge in [-0.25, -0.2) is 0 Å². The monoisotopic (exact) mass is 296 g/mol. The summed E-state index contributed by atoms with van der Waals surface area (Å²) in [4.78, 5) is 10.5. The maximum Gasteiger partial charge on any atom is 0.292 e. The van der Waals surface area contributed by atoms with Gasteiger partial charge >= 0.3 is 0 Å². The minimum atomic E-state index is -0.375. The molecule has 100 valence electrons. The minimum absolute atomic E-state index is 0.103. The van der Waals surface area contributed by atoms with Gasteiger partial charge in [0, 0.05) is 18.4 Å². The summed E-state index contributed by atoms with van der Waals surface area (Å²) in [6, 6.07) is 5.12. The predicted molar refractivity (Wildman–Crippen MR) is 76.7 cm³/mol. The molecule has 19 heavy (non-hydrogen) atoms. The first-order valence-corrected chi connectivity index (χ1v) is 7.47. The number of thioether (sulfide) groups is 1. The van der Waals surface area contributed by atoms with Gasteiger partial charge in [-0.2, -0.15) is 0 Å². The number of benzene rings is 1. The zero-order chi connectivity index (χ0) is 13.7. The fourth-order valence-electron chi connectivity index (χ4n) is 1.54. The Morgan fingerprint density at radius 3 is 3.00 bits per heavy atom. The third kappa shape index (κ3) is 3.65. The van der Waals surface area contributed by atoms with Gasteiger partial charge in [-0.15, -0.1) is 10.2 Å². The van der Waals surface area contributed by atoms with Crippen LogP contribution in [0.4, 0.5) is 11.4 Å². The second-order valence-electron chi connectivity index (χ2n) is 3.63. The second kappa shape index (κ2) is 6.48. The molecule has 0 radical (unpaired) electrons. The summed E-state index contributed by atoms with van der Waals surface area (Å²) in [5, 5.41) is 21.6. The number of nitrogens with zero attached hydrogens (tertiary/aromatic N) is 3. The number of nitrogens with one attached hydrogen (secondary N) is 1. The summed E-state index contributed by atoms with van der Waals surface area (Å²) in [5.41, 5.74) is 3.36. The van der Waals surface area contributed by atoms with E-state index in [0.29, 0.717) is 18.0 Å². The van der Waals surface area contributed by atoms with Crippen molar-refractivity contribution in [2.75, 3.05) is 11.9 Å². The van der Waals surface area contributed by atoms with E-state index < -0.39 is 0 Å². The predicted octanol–water partition coefficient (Wildman–Crippen LogP) is 3.17. The van der Waals surface area contributed by atoms with Gasteiger partial charge in [0.25, 0.3) is 5.69 Å². The van der Waals surface area contributed by atoms with Crippen LogP contribution in [0.25, 0.3) is 0 Å². The molecule has 0 saturated heterocycles. The van der Waals surface area contributed by atoms with Crippen molar-refractivity contribution in [2.45, 2.75) is 17.0 Å².